The predicted octanol–water partition coefficient (Wildman–Crippen LogP) is 14.8. The highest BCUT2D eigenvalue weighted by molar-refractivity contribution is 6.23. The van der Waals surface area contributed by atoms with Crippen LogP contribution in [0.4, 0.5) is 21.5 Å². The molecule has 0 bridgehead atoms. The standard InChI is InChI=1S/C53H35FN2/c54-42-24-30-45(31-25-42)56(44-28-22-38(23-29-44)39-32-34-55-35-33-39)43-26-20-37(21-27-43)36-16-18-41(19-17-36)52-48-11-3-5-13-50(48)53(51-14-6-4-12-49(51)52)47-15-7-9-40-8-1-2-10-46(40)47/h1-35H. The zero-order valence-electron chi connectivity index (χ0n) is 30.5. The van der Waals surface area contributed by atoms with Crippen molar-refractivity contribution in [2.45, 2.75) is 0 Å². The van der Waals surface area contributed by atoms with Crippen molar-refractivity contribution in [3.63, 3.8) is 0 Å². The Morgan fingerprint density at radius 2 is 0.714 bits per heavy atom. The van der Waals surface area contributed by atoms with Gasteiger partial charge < -0.3 is 4.90 Å². The lowest BCUT2D eigenvalue weighted by Gasteiger charge is -2.26. The van der Waals surface area contributed by atoms with E-state index in [-0.39, 0.29) is 5.82 Å². The van der Waals surface area contributed by atoms with Gasteiger partial charge in [0.2, 0.25) is 0 Å². The van der Waals surface area contributed by atoms with Gasteiger partial charge in [-0.1, -0.05) is 140 Å². The van der Waals surface area contributed by atoms with Gasteiger partial charge in [0.15, 0.2) is 0 Å². The minimum atomic E-state index is -0.262. The maximum absolute atomic E-state index is 14.0. The highest BCUT2D eigenvalue weighted by Crippen LogP contribution is 2.45. The highest BCUT2D eigenvalue weighted by atomic mass is 19.1. The van der Waals surface area contributed by atoms with E-state index in [1.165, 1.54) is 66.7 Å². The zero-order valence-corrected chi connectivity index (χ0v) is 30.5. The van der Waals surface area contributed by atoms with Crippen LogP contribution in [0.1, 0.15) is 0 Å². The summed E-state index contributed by atoms with van der Waals surface area (Å²) in [6.07, 6.45) is 3.61. The number of hydrogen-bond acceptors (Lipinski definition) is 2. The van der Waals surface area contributed by atoms with Crippen molar-refractivity contribution in [2.75, 3.05) is 4.90 Å². The highest BCUT2D eigenvalue weighted by Gasteiger charge is 2.18. The van der Waals surface area contributed by atoms with Crippen LogP contribution >= 0.6 is 0 Å². The molecular formula is C53H35FN2. The van der Waals surface area contributed by atoms with Crippen molar-refractivity contribution in [1.29, 1.82) is 0 Å². The molecule has 0 spiro atoms. The average Bonchev–Trinajstić information content (AvgIpc) is 3.27. The first kappa shape index (κ1) is 33.2. The fraction of sp³-hybridized carbons (Fsp3) is 0. The summed E-state index contributed by atoms with van der Waals surface area (Å²) in [5.74, 6) is -0.262. The van der Waals surface area contributed by atoms with Gasteiger partial charge in [0.05, 0.1) is 0 Å². The molecule has 0 saturated carbocycles. The number of rotatable bonds is 7. The largest absolute Gasteiger partial charge is 0.311 e. The number of fused-ring (bicyclic) bond motifs is 3. The van der Waals surface area contributed by atoms with E-state index in [1.54, 1.807) is 12.4 Å². The molecule has 264 valence electrons. The third-order valence-electron chi connectivity index (χ3n) is 10.8. The summed E-state index contributed by atoms with van der Waals surface area (Å²) >= 11 is 0. The summed E-state index contributed by atoms with van der Waals surface area (Å²) in [7, 11) is 0. The molecule has 2 nitrogen and oxygen atoms in total. The van der Waals surface area contributed by atoms with E-state index in [0.717, 1.165) is 39.3 Å². The second-order valence-electron chi connectivity index (χ2n) is 14.1. The summed E-state index contributed by atoms with van der Waals surface area (Å²) in [6, 6.07) is 69.6. The van der Waals surface area contributed by atoms with Crippen LogP contribution in [0.3, 0.4) is 0 Å². The first-order chi connectivity index (χ1) is 27.7. The monoisotopic (exact) mass is 718 g/mol. The van der Waals surface area contributed by atoms with Crippen molar-refractivity contribution >= 4 is 49.4 Å². The molecule has 0 saturated heterocycles. The molecular weight excluding hydrogens is 684 g/mol. The van der Waals surface area contributed by atoms with Crippen molar-refractivity contribution in [2.24, 2.45) is 0 Å². The van der Waals surface area contributed by atoms with E-state index in [4.69, 9.17) is 0 Å². The van der Waals surface area contributed by atoms with Crippen LogP contribution in [0.5, 0.6) is 0 Å². The molecule has 0 aliphatic carbocycles. The summed E-state index contributed by atoms with van der Waals surface area (Å²) in [5, 5.41) is 7.46. The summed E-state index contributed by atoms with van der Waals surface area (Å²) < 4.78 is 14.0. The number of halogens is 1. The molecule has 0 aliphatic heterocycles. The van der Waals surface area contributed by atoms with E-state index in [2.05, 4.69) is 174 Å². The molecule has 0 N–H and O–H groups in total. The molecule has 1 aromatic heterocycles. The lowest BCUT2D eigenvalue weighted by atomic mass is 9.84. The molecule has 10 aromatic rings. The Hall–Kier alpha value is -7.36. The third kappa shape index (κ3) is 5.96. The summed E-state index contributed by atoms with van der Waals surface area (Å²) in [4.78, 5) is 6.31. The number of pyridine rings is 1. The minimum Gasteiger partial charge on any atom is -0.311 e. The van der Waals surface area contributed by atoms with Gasteiger partial charge in [0.25, 0.3) is 0 Å². The molecule has 0 amide bonds. The van der Waals surface area contributed by atoms with Gasteiger partial charge in [-0.05, 0) is 137 Å². The van der Waals surface area contributed by atoms with Gasteiger partial charge >= 0.3 is 0 Å². The molecule has 9 aromatic carbocycles. The second kappa shape index (κ2) is 14.1. The molecule has 1 heterocycles. The first-order valence-electron chi connectivity index (χ1n) is 18.9. The van der Waals surface area contributed by atoms with Crippen LogP contribution < -0.4 is 4.90 Å². The van der Waals surface area contributed by atoms with E-state index in [0.29, 0.717) is 0 Å². The maximum Gasteiger partial charge on any atom is 0.123 e. The van der Waals surface area contributed by atoms with Crippen LogP contribution in [-0.4, -0.2) is 4.98 Å². The predicted molar refractivity (Wildman–Crippen MR) is 233 cm³/mol. The smallest absolute Gasteiger partial charge is 0.123 e. The topological polar surface area (TPSA) is 16.1 Å². The molecule has 3 heteroatoms. The van der Waals surface area contributed by atoms with E-state index < -0.39 is 0 Å². The molecule has 0 aliphatic rings. The van der Waals surface area contributed by atoms with Crippen molar-refractivity contribution < 1.29 is 4.39 Å². The van der Waals surface area contributed by atoms with Gasteiger partial charge in [-0.15, -0.1) is 0 Å². The van der Waals surface area contributed by atoms with Gasteiger partial charge in [0, 0.05) is 29.5 Å². The fourth-order valence-electron chi connectivity index (χ4n) is 8.19. The van der Waals surface area contributed by atoms with Crippen LogP contribution in [0.15, 0.2) is 213 Å². The summed E-state index contributed by atoms with van der Waals surface area (Å²) in [5.41, 5.74) is 12.3. The second-order valence-corrected chi connectivity index (χ2v) is 14.1. The van der Waals surface area contributed by atoms with E-state index >= 15 is 0 Å². The van der Waals surface area contributed by atoms with Gasteiger partial charge in [0.1, 0.15) is 5.82 Å². The molecule has 10 rings (SSSR count). The fourth-order valence-corrected chi connectivity index (χ4v) is 8.19. The van der Waals surface area contributed by atoms with Crippen molar-refractivity contribution in [1.82, 2.24) is 4.98 Å². The number of aromatic nitrogens is 1. The Morgan fingerprint density at radius 3 is 1.25 bits per heavy atom. The normalized spacial score (nSPS) is 11.3. The lowest BCUT2D eigenvalue weighted by Crippen LogP contribution is -2.09. The maximum atomic E-state index is 14.0. The van der Waals surface area contributed by atoms with Crippen molar-refractivity contribution in [3.05, 3.63) is 218 Å². The van der Waals surface area contributed by atoms with E-state index in [1.807, 2.05) is 24.3 Å². The quantitative estimate of drug-likeness (QED) is 0.153. The van der Waals surface area contributed by atoms with Gasteiger partial charge in [-0.2, -0.15) is 0 Å². The van der Waals surface area contributed by atoms with Crippen LogP contribution in [0.2, 0.25) is 0 Å². The number of hydrogen-bond donors (Lipinski definition) is 0. The van der Waals surface area contributed by atoms with Crippen LogP contribution in [0, 0.1) is 5.82 Å². The molecule has 0 atom stereocenters. The third-order valence-corrected chi connectivity index (χ3v) is 10.8. The Kier molecular flexibility index (Phi) is 8.38. The number of anilines is 3. The number of nitrogens with zero attached hydrogens (tertiary/aromatic N) is 2. The molecule has 0 fully saturated rings. The lowest BCUT2D eigenvalue weighted by molar-refractivity contribution is 0.628. The summed E-state index contributed by atoms with van der Waals surface area (Å²) in [6.45, 7) is 0. The first-order valence-corrected chi connectivity index (χ1v) is 18.9. The molecule has 56 heavy (non-hydrogen) atoms. The Labute approximate surface area is 325 Å². The van der Waals surface area contributed by atoms with Crippen LogP contribution in [-0.2, 0) is 0 Å². The van der Waals surface area contributed by atoms with Crippen molar-refractivity contribution in [3.8, 4) is 44.5 Å². The Morgan fingerprint density at radius 1 is 0.321 bits per heavy atom. The molecule has 0 radical (unpaired) electrons. The molecule has 0 unspecified atom stereocenters. The zero-order chi connectivity index (χ0) is 37.4. The SMILES string of the molecule is Fc1ccc(N(c2ccc(-c3ccncc3)cc2)c2ccc(-c3ccc(-c4c5ccccc5c(-c5cccc6ccccc56)c5ccccc45)cc3)cc2)cc1. The minimum absolute atomic E-state index is 0.262. The Bertz CT molecular complexity index is 2930. The van der Waals surface area contributed by atoms with Gasteiger partial charge in [-0.25, -0.2) is 4.39 Å². The number of benzene rings is 9. The van der Waals surface area contributed by atoms with Gasteiger partial charge in [-0.3, -0.25) is 4.98 Å². The Balaban J connectivity index is 1.02. The van der Waals surface area contributed by atoms with E-state index in [9.17, 15) is 4.39 Å². The average molecular weight is 719 g/mol. The van der Waals surface area contributed by atoms with Crippen LogP contribution in [0.25, 0.3) is 76.8 Å².